The van der Waals surface area contributed by atoms with E-state index in [2.05, 4.69) is 10.6 Å². The highest BCUT2D eigenvalue weighted by Gasteiger charge is 2.18. The van der Waals surface area contributed by atoms with Crippen LogP contribution < -0.4 is 24.8 Å². The Morgan fingerprint density at radius 1 is 0.929 bits per heavy atom. The third kappa shape index (κ3) is 5.14. The summed E-state index contributed by atoms with van der Waals surface area (Å²) in [7, 11) is 4.47. The Balaban J connectivity index is 1.98. The van der Waals surface area contributed by atoms with Crippen molar-refractivity contribution in [3.8, 4) is 17.2 Å². The summed E-state index contributed by atoms with van der Waals surface area (Å²) in [6, 6.07) is 10.1. The van der Waals surface area contributed by atoms with E-state index in [-0.39, 0.29) is 6.54 Å². The summed E-state index contributed by atoms with van der Waals surface area (Å²) < 4.78 is 15.5. The van der Waals surface area contributed by atoms with Gasteiger partial charge in [0.1, 0.15) is 5.75 Å². The molecule has 0 aromatic heterocycles. The predicted octanol–water partition coefficient (Wildman–Crippen LogP) is 1.81. The van der Waals surface area contributed by atoms with Crippen LogP contribution in [0.2, 0.25) is 0 Å². The lowest BCUT2D eigenvalue weighted by atomic mass is 10.1. The van der Waals surface area contributed by atoms with Crippen molar-refractivity contribution in [2.45, 2.75) is 13.0 Å². The summed E-state index contributed by atoms with van der Waals surface area (Å²) in [5, 5.41) is 15.2. The Morgan fingerprint density at radius 2 is 1.57 bits per heavy atom. The minimum Gasteiger partial charge on any atom is -0.495 e. The number of benzene rings is 2. The average Bonchev–Trinajstić information content (AvgIpc) is 2.71. The van der Waals surface area contributed by atoms with E-state index in [1.807, 2.05) is 13.0 Å². The summed E-state index contributed by atoms with van der Waals surface area (Å²) in [6.07, 6.45) is -1.02. The number of nitrogens with one attached hydrogen (secondary N) is 2. The Morgan fingerprint density at radius 3 is 2.21 bits per heavy atom. The minimum atomic E-state index is -1.02. The second-order valence-corrected chi connectivity index (χ2v) is 6.00. The molecule has 2 amide bonds. The fourth-order valence-corrected chi connectivity index (χ4v) is 2.55. The van der Waals surface area contributed by atoms with Crippen molar-refractivity contribution in [3.63, 3.8) is 0 Å². The van der Waals surface area contributed by atoms with E-state index in [1.54, 1.807) is 30.3 Å². The van der Waals surface area contributed by atoms with Crippen LogP contribution in [0.4, 0.5) is 5.69 Å². The first kappa shape index (κ1) is 21.0. The molecule has 0 spiro atoms. The van der Waals surface area contributed by atoms with Gasteiger partial charge in [-0.25, -0.2) is 0 Å². The minimum absolute atomic E-state index is 0.146. The molecule has 2 aromatic carbocycles. The molecule has 0 radical (unpaired) electrons. The molecule has 3 N–H and O–H groups in total. The summed E-state index contributed by atoms with van der Waals surface area (Å²) in [5.41, 5.74) is 1.81. The number of anilines is 1. The molecule has 0 saturated heterocycles. The number of carbonyl (C=O) groups excluding carboxylic acids is 2. The maximum Gasteiger partial charge on any atom is 0.313 e. The van der Waals surface area contributed by atoms with E-state index >= 15 is 0 Å². The highest BCUT2D eigenvalue weighted by atomic mass is 16.5. The first-order valence-electron chi connectivity index (χ1n) is 8.53. The van der Waals surface area contributed by atoms with Gasteiger partial charge in [0.2, 0.25) is 0 Å². The maximum atomic E-state index is 12.1. The highest BCUT2D eigenvalue weighted by Crippen LogP contribution is 2.30. The van der Waals surface area contributed by atoms with E-state index in [0.29, 0.717) is 28.5 Å². The van der Waals surface area contributed by atoms with Gasteiger partial charge in [-0.2, -0.15) is 0 Å². The van der Waals surface area contributed by atoms with Gasteiger partial charge >= 0.3 is 11.8 Å². The largest absolute Gasteiger partial charge is 0.495 e. The number of rotatable bonds is 7. The summed E-state index contributed by atoms with van der Waals surface area (Å²) in [4.78, 5) is 24.2. The lowest BCUT2D eigenvalue weighted by Crippen LogP contribution is -2.37. The number of aliphatic hydroxyl groups is 1. The van der Waals surface area contributed by atoms with Crippen LogP contribution in [0.1, 0.15) is 17.2 Å². The molecule has 2 aromatic rings. The van der Waals surface area contributed by atoms with Gasteiger partial charge in [-0.05, 0) is 42.3 Å². The molecule has 0 fully saturated rings. The number of amides is 2. The number of aryl methyl sites for hydroxylation is 1. The molecule has 2 rings (SSSR count). The van der Waals surface area contributed by atoms with Crippen molar-refractivity contribution < 1.29 is 28.9 Å². The van der Waals surface area contributed by atoms with Crippen molar-refractivity contribution in [1.29, 1.82) is 0 Å². The maximum absolute atomic E-state index is 12.1. The molecule has 1 atom stereocenters. The van der Waals surface area contributed by atoms with Crippen LogP contribution in [-0.4, -0.2) is 44.8 Å². The normalized spacial score (nSPS) is 11.3. The van der Waals surface area contributed by atoms with Crippen LogP contribution in [0.25, 0.3) is 0 Å². The number of ether oxygens (including phenoxy) is 3. The molecule has 0 heterocycles. The molecule has 8 heteroatoms. The standard InChI is InChI=1S/C20H24N2O6/c1-12-5-7-16(26-2)14(9-12)22-20(25)19(24)21-11-15(23)13-6-8-17(27-3)18(10-13)28-4/h5-10,15,23H,11H2,1-4H3,(H,21,24)(H,22,25)/t15-/m0/s1. The van der Waals surface area contributed by atoms with Gasteiger partial charge in [-0.1, -0.05) is 12.1 Å². The Labute approximate surface area is 163 Å². The smallest absolute Gasteiger partial charge is 0.313 e. The van der Waals surface area contributed by atoms with Crippen molar-refractivity contribution in [2.24, 2.45) is 0 Å². The lowest BCUT2D eigenvalue weighted by molar-refractivity contribution is -0.136. The number of hydrogen-bond donors (Lipinski definition) is 3. The molecule has 8 nitrogen and oxygen atoms in total. The van der Waals surface area contributed by atoms with Gasteiger partial charge in [0.15, 0.2) is 11.5 Å². The molecule has 0 bridgehead atoms. The number of hydrogen-bond acceptors (Lipinski definition) is 6. The fourth-order valence-electron chi connectivity index (χ4n) is 2.55. The first-order valence-corrected chi connectivity index (χ1v) is 8.53. The number of aliphatic hydroxyl groups excluding tert-OH is 1. The molecule has 0 aliphatic heterocycles. The third-order valence-corrected chi connectivity index (χ3v) is 4.06. The van der Waals surface area contributed by atoms with E-state index in [0.717, 1.165) is 5.56 Å². The Bertz CT molecular complexity index is 853. The number of carbonyl (C=O) groups is 2. The molecule has 0 aliphatic rings. The predicted molar refractivity (Wildman–Crippen MR) is 104 cm³/mol. The van der Waals surface area contributed by atoms with Crippen LogP contribution in [0.3, 0.4) is 0 Å². The lowest BCUT2D eigenvalue weighted by Gasteiger charge is -2.15. The van der Waals surface area contributed by atoms with Crippen LogP contribution >= 0.6 is 0 Å². The van der Waals surface area contributed by atoms with E-state index < -0.39 is 17.9 Å². The Kier molecular flexibility index (Phi) is 7.22. The van der Waals surface area contributed by atoms with Crippen LogP contribution in [0.15, 0.2) is 36.4 Å². The van der Waals surface area contributed by atoms with E-state index in [1.165, 1.54) is 21.3 Å². The second kappa shape index (κ2) is 9.61. The van der Waals surface area contributed by atoms with Gasteiger partial charge in [0, 0.05) is 6.54 Å². The van der Waals surface area contributed by atoms with Crippen LogP contribution in [0, 0.1) is 6.92 Å². The quantitative estimate of drug-likeness (QED) is 0.625. The van der Waals surface area contributed by atoms with Gasteiger partial charge in [0.05, 0.1) is 33.1 Å². The molecule has 0 aliphatic carbocycles. The third-order valence-electron chi connectivity index (χ3n) is 4.06. The zero-order valence-corrected chi connectivity index (χ0v) is 16.2. The second-order valence-electron chi connectivity index (χ2n) is 6.00. The van der Waals surface area contributed by atoms with Crippen molar-refractivity contribution in [2.75, 3.05) is 33.2 Å². The fraction of sp³-hybridized carbons (Fsp3) is 0.300. The molecule has 150 valence electrons. The average molecular weight is 388 g/mol. The van der Waals surface area contributed by atoms with Crippen molar-refractivity contribution >= 4 is 17.5 Å². The van der Waals surface area contributed by atoms with Crippen LogP contribution in [0.5, 0.6) is 17.2 Å². The van der Waals surface area contributed by atoms with Crippen molar-refractivity contribution in [1.82, 2.24) is 5.32 Å². The van der Waals surface area contributed by atoms with Gasteiger partial charge in [-0.3, -0.25) is 9.59 Å². The molecule has 0 unspecified atom stereocenters. The first-order chi connectivity index (χ1) is 13.4. The summed E-state index contributed by atoms with van der Waals surface area (Å²) in [6.45, 7) is 1.71. The SMILES string of the molecule is COc1ccc(C)cc1NC(=O)C(=O)NC[C@H](O)c1ccc(OC)c(OC)c1. The summed E-state index contributed by atoms with van der Waals surface area (Å²) >= 11 is 0. The van der Waals surface area contributed by atoms with E-state index in [4.69, 9.17) is 14.2 Å². The van der Waals surface area contributed by atoms with E-state index in [9.17, 15) is 14.7 Å². The summed E-state index contributed by atoms with van der Waals surface area (Å²) in [5.74, 6) is -0.313. The van der Waals surface area contributed by atoms with Gasteiger partial charge in [-0.15, -0.1) is 0 Å². The highest BCUT2D eigenvalue weighted by molar-refractivity contribution is 6.39. The monoisotopic (exact) mass is 388 g/mol. The molecule has 28 heavy (non-hydrogen) atoms. The Hall–Kier alpha value is -3.26. The molecular weight excluding hydrogens is 364 g/mol. The molecular formula is C20H24N2O6. The zero-order chi connectivity index (χ0) is 20.7. The van der Waals surface area contributed by atoms with Crippen molar-refractivity contribution in [3.05, 3.63) is 47.5 Å². The molecule has 0 saturated carbocycles. The van der Waals surface area contributed by atoms with Gasteiger partial charge in [0.25, 0.3) is 0 Å². The zero-order valence-electron chi connectivity index (χ0n) is 16.2. The van der Waals surface area contributed by atoms with Gasteiger partial charge < -0.3 is 30.0 Å². The topological polar surface area (TPSA) is 106 Å². The number of methoxy groups -OCH3 is 3. The van der Waals surface area contributed by atoms with Crippen LogP contribution in [-0.2, 0) is 9.59 Å².